The molecule has 1 amide bonds. The number of hydrogen-bond acceptors (Lipinski definition) is 2. The Balaban J connectivity index is 4.78. The minimum absolute atomic E-state index is 0.101. The van der Waals surface area contributed by atoms with Gasteiger partial charge < -0.3 is 10.6 Å². The first-order valence-electron chi connectivity index (χ1n) is 6.06. The van der Waals surface area contributed by atoms with E-state index in [1.807, 2.05) is 25.7 Å². The number of rotatable bonds is 6. The Morgan fingerprint density at radius 1 is 1.27 bits per heavy atom. The first-order chi connectivity index (χ1) is 6.96. The van der Waals surface area contributed by atoms with Gasteiger partial charge in [-0.2, -0.15) is 0 Å². The molecule has 3 nitrogen and oxygen atoms in total. The number of nitrogens with zero attached hydrogens (tertiary/aromatic N) is 1. The largest absolute Gasteiger partial charge is 0.339 e. The van der Waals surface area contributed by atoms with Crippen LogP contribution in [-0.2, 0) is 4.79 Å². The number of hydrogen-bond donors (Lipinski definition) is 1. The van der Waals surface area contributed by atoms with Gasteiger partial charge in [0, 0.05) is 12.6 Å². The van der Waals surface area contributed by atoms with Crippen molar-refractivity contribution in [3.8, 4) is 0 Å². The Kier molecular flexibility index (Phi) is 5.88. The SMILES string of the molecule is CCC(C)N(CC)C(=O)C(N)(CC)CC. The third-order valence-corrected chi connectivity index (χ3v) is 3.41. The normalized spacial score (nSPS) is 13.7. The lowest BCUT2D eigenvalue weighted by Gasteiger charge is -2.35. The van der Waals surface area contributed by atoms with Gasteiger partial charge in [0.05, 0.1) is 5.54 Å². The Hall–Kier alpha value is -0.570. The fraction of sp³-hybridized carbons (Fsp3) is 0.917. The van der Waals surface area contributed by atoms with Crippen LogP contribution in [0.25, 0.3) is 0 Å². The van der Waals surface area contributed by atoms with Crippen LogP contribution >= 0.6 is 0 Å². The predicted molar refractivity (Wildman–Crippen MR) is 64.6 cm³/mol. The maximum absolute atomic E-state index is 12.3. The zero-order chi connectivity index (χ0) is 12.1. The summed E-state index contributed by atoms with van der Waals surface area (Å²) in [5.74, 6) is 0.101. The van der Waals surface area contributed by atoms with Gasteiger partial charge in [-0.25, -0.2) is 0 Å². The predicted octanol–water partition coefficient (Wildman–Crippen LogP) is 2.15. The summed E-state index contributed by atoms with van der Waals surface area (Å²) < 4.78 is 0. The third-order valence-electron chi connectivity index (χ3n) is 3.41. The highest BCUT2D eigenvalue weighted by Crippen LogP contribution is 2.17. The zero-order valence-corrected chi connectivity index (χ0v) is 10.8. The zero-order valence-electron chi connectivity index (χ0n) is 10.8. The van der Waals surface area contributed by atoms with Crippen molar-refractivity contribution in [2.45, 2.75) is 65.5 Å². The molecule has 3 heteroatoms. The maximum Gasteiger partial charge on any atom is 0.242 e. The van der Waals surface area contributed by atoms with Crippen molar-refractivity contribution in [1.29, 1.82) is 0 Å². The Morgan fingerprint density at radius 2 is 1.73 bits per heavy atom. The van der Waals surface area contributed by atoms with Crippen LogP contribution in [0.15, 0.2) is 0 Å². The molecular formula is C12H26N2O. The maximum atomic E-state index is 12.3. The first kappa shape index (κ1) is 14.4. The van der Waals surface area contributed by atoms with Crippen molar-refractivity contribution in [2.75, 3.05) is 6.54 Å². The van der Waals surface area contributed by atoms with Crippen LogP contribution in [0.1, 0.15) is 53.9 Å². The second kappa shape index (κ2) is 6.11. The van der Waals surface area contributed by atoms with E-state index in [0.717, 1.165) is 13.0 Å². The molecule has 0 aromatic heterocycles. The van der Waals surface area contributed by atoms with Gasteiger partial charge in [-0.1, -0.05) is 20.8 Å². The average Bonchev–Trinajstić information content (AvgIpc) is 2.28. The van der Waals surface area contributed by atoms with Crippen LogP contribution in [0.3, 0.4) is 0 Å². The van der Waals surface area contributed by atoms with Crippen molar-refractivity contribution in [3.05, 3.63) is 0 Å². The van der Waals surface area contributed by atoms with Gasteiger partial charge >= 0.3 is 0 Å². The summed E-state index contributed by atoms with van der Waals surface area (Å²) in [6.07, 6.45) is 2.38. The fourth-order valence-electron chi connectivity index (χ4n) is 1.71. The van der Waals surface area contributed by atoms with Gasteiger partial charge in [-0.05, 0) is 33.1 Å². The monoisotopic (exact) mass is 214 g/mol. The molecule has 0 fully saturated rings. The average molecular weight is 214 g/mol. The molecule has 2 N–H and O–H groups in total. The van der Waals surface area contributed by atoms with E-state index in [2.05, 4.69) is 13.8 Å². The number of carbonyl (C=O) groups is 1. The molecule has 0 saturated heterocycles. The Bertz CT molecular complexity index is 200. The molecular weight excluding hydrogens is 188 g/mol. The van der Waals surface area contributed by atoms with E-state index in [1.165, 1.54) is 0 Å². The lowest BCUT2D eigenvalue weighted by Crippen LogP contribution is -2.56. The van der Waals surface area contributed by atoms with Crippen molar-refractivity contribution in [1.82, 2.24) is 4.90 Å². The molecule has 0 spiro atoms. The Morgan fingerprint density at radius 3 is 2.00 bits per heavy atom. The van der Waals surface area contributed by atoms with E-state index in [1.54, 1.807) is 0 Å². The van der Waals surface area contributed by atoms with Gasteiger partial charge in [0.15, 0.2) is 0 Å². The summed E-state index contributed by atoms with van der Waals surface area (Å²) in [7, 11) is 0. The van der Waals surface area contributed by atoms with Crippen LogP contribution < -0.4 is 5.73 Å². The summed E-state index contributed by atoms with van der Waals surface area (Å²) in [5, 5.41) is 0. The van der Waals surface area contributed by atoms with Crippen LogP contribution in [0, 0.1) is 0 Å². The highest BCUT2D eigenvalue weighted by atomic mass is 16.2. The number of likely N-dealkylation sites (N-methyl/N-ethyl adjacent to an activating group) is 1. The molecule has 1 atom stereocenters. The fourth-order valence-corrected chi connectivity index (χ4v) is 1.71. The molecule has 0 aliphatic rings. The van der Waals surface area contributed by atoms with Gasteiger partial charge in [-0.15, -0.1) is 0 Å². The second-order valence-corrected chi connectivity index (χ2v) is 4.21. The van der Waals surface area contributed by atoms with Crippen LogP contribution in [0.2, 0.25) is 0 Å². The van der Waals surface area contributed by atoms with Crippen LogP contribution in [-0.4, -0.2) is 28.9 Å². The topological polar surface area (TPSA) is 46.3 Å². The molecule has 0 rings (SSSR count). The number of nitrogens with two attached hydrogens (primary N) is 1. The molecule has 0 bridgehead atoms. The molecule has 1 unspecified atom stereocenters. The molecule has 0 radical (unpaired) electrons. The summed E-state index contributed by atoms with van der Waals surface area (Å²) in [4.78, 5) is 14.2. The Labute approximate surface area is 94.0 Å². The van der Waals surface area contributed by atoms with Gasteiger partial charge in [-0.3, -0.25) is 4.79 Å². The van der Waals surface area contributed by atoms with Gasteiger partial charge in [0.1, 0.15) is 0 Å². The molecule has 0 aliphatic carbocycles. The summed E-state index contributed by atoms with van der Waals surface area (Å²) in [5.41, 5.74) is 5.45. The van der Waals surface area contributed by atoms with E-state index < -0.39 is 5.54 Å². The lowest BCUT2D eigenvalue weighted by atomic mass is 9.91. The van der Waals surface area contributed by atoms with Crippen molar-refractivity contribution in [2.24, 2.45) is 5.73 Å². The standard InChI is InChI=1S/C12H26N2O/c1-6-10(5)14(9-4)11(15)12(13,7-2)8-3/h10H,6-9,13H2,1-5H3. The van der Waals surface area contributed by atoms with E-state index in [-0.39, 0.29) is 11.9 Å². The molecule has 0 aliphatic heterocycles. The van der Waals surface area contributed by atoms with Gasteiger partial charge in [0.25, 0.3) is 0 Å². The minimum atomic E-state index is -0.667. The highest BCUT2D eigenvalue weighted by molar-refractivity contribution is 5.86. The van der Waals surface area contributed by atoms with E-state index in [0.29, 0.717) is 12.8 Å². The van der Waals surface area contributed by atoms with E-state index in [9.17, 15) is 4.79 Å². The lowest BCUT2D eigenvalue weighted by molar-refractivity contribution is -0.139. The van der Waals surface area contributed by atoms with Crippen molar-refractivity contribution >= 4 is 5.91 Å². The molecule has 0 aromatic carbocycles. The van der Waals surface area contributed by atoms with E-state index >= 15 is 0 Å². The summed E-state index contributed by atoms with van der Waals surface area (Å²) in [6, 6.07) is 0.281. The summed E-state index contributed by atoms with van der Waals surface area (Å²) >= 11 is 0. The molecule has 15 heavy (non-hydrogen) atoms. The minimum Gasteiger partial charge on any atom is -0.339 e. The van der Waals surface area contributed by atoms with Crippen LogP contribution in [0.4, 0.5) is 0 Å². The first-order valence-corrected chi connectivity index (χ1v) is 6.06. The molecule has 0 heterocycles. The van der Waals surface area contributed by atoms with Crippen molar-refractivity contribution in [3.63, 3.8) is 0 Å². The van der Waals surface area contributed by atoms with Crippen LogP contribution in [0.5, 0.6) is 0 Å². The summed E-state index contributed by atoms with van der Waals surface area (Å²) in [6.45, 7) is 10.9. The molecule has 0 aromatic rings. The molecule has 0 saturated carbocycles. The molecule has 90 valence electrons. The van der Waals surface area contributed by atoms with Gasteiger partial charge in [0.2, 0.25) is 5.91 Å². The van der Waals surface area contributed by atoms with E-state index in [4.69, 9.17) is 5.73 Å². The highest BCUT2D eigenvalue weighted by Gasteiger charge is 2.34. The van der Waals surface area contributed by atoms with Crippen molar-refractivity contribution < 1.29 is 4.79 Å². The smallest absolute Gasteiger partial charge is 0.242 e. The third kappa shape index (κ3) is 3.20. The second-order valence-electron chi connectivity index (χ2n) is 4.21. The number of carbonyl (C=O) groups excluding carboxylic acids is 1. The number of amides is 1. The quantitative estimate of drug-likeness (QED) is 0.736.